The summed E-state index contributed by atoms with van der Waals surface area (Å²) < 4.78 is 5.19. The zero-order valence-corrected chi connectivity index (χ0v) is 14.4. The highest BCUT2D eigenvalue weighted by molar-refractivity contribution is 6.31. The van der Waals surface area contributed by atoms with Gasteiger partial charge in [0, 0.05) is 17.3 Å². The fourth-order valence-corrected chi connectivity index (χ4v) is 2.94. The third-order valence-electron chi connectivity index (χ3n) is 3.99. The molecule has 0 radical (unpaired) electrons. The fraction of sp³-hybridized carbons (Fsp3) is 0.222. The highest BCUT2D eigenvalue weighted by atomic mass is 35.5. The van der Waals surface area contributed by atoms with E-state index in [0.717, 1.165) is 5.69 Å². The van der Waals surface area contributed by atoms with Crippen LogP contribution in [0.3, 0.4) is 0 Å². The molecule has 1 saturated heterocycles. The molecule has 1 fully saturated rings. The third kappa shape index (κ3) is 3.85. The molecule has 1 heterocycles. The lowest BCUT2D eigenvalue weighted by molar-refractivity contribution is -0.118. The average Bonchev–Trinajstić information content (AvgIpc) is 2.96. The number of para-hydroxylation sites is 1. The molecule has 25 heavy (non-hydrogen) atoms. The number of hydrogen-bond acceptors (Lipinski definition) is 3. The van der Waals surface area contributed by atoms with Crippen molar-refractivity contribution in [2.45, 2.75) is 12.5 Å². The zero-order valence-electron chi connectivity index (χ0n) is 13.7. The molecule has 0 aromatic heterocycles. The van der Waals surface area contributed by atoms with Gasteiger partial charge >= 0.3 is 6.03 Å². The van der Waals surface area contributed by atoms with Crippen molar-refractivity contribution < 1.29 is 14.3 Å². The Labute approximate surface area is 150 Å². The minimum Gasteiger partial charge on any atom is -0.495 e. The molecular formula is C18H18ClN3O3. The number of ether oxygens (including phenoxy) is 1. The van der Waals surface area contributed by atoms with Gasteiger partial charge in [0.25, 0.3) is 0 Å². The van der Waals surface area contributed by atoms with Gasteiger partial charge in [-0.15, -0.1) is 0 Å². The molecule has 0 aliphatic carbocycles. The van der Waals surface area contributed by atoms with Gasteiger partial charge in [0.1, 0.15) is 11.8 Å². The second-order valence-electron chi connectivity index (χ2n) is 5.61. The zero-order chi connectivity index (χ0) is 17.8. The molecule has 130 valence electrons. The summed E-state index contributed by atoms with van der Waals surface area (Å²) in [7, 11) is 1.50. The minimum atomic E-state index is -0.564. The van der Waals surface area contributed by atoms with Crippen LogP contribution in [0.25, 0.3) is 0 Å². The summed E-state index contributed by atoms with van der Waals surface area (Å²) in [6.45, 7) is 0.564. The van der Waals surface area contributed by atoms with Crippen molar-refractivity contribution in [1.82, 2.24) is 5.32 Å². The lowest BCUT2D eigenvalue weighted by Crippen LogP contribution is -2.43. The average molecular weight is 360 g/mol. The van der Waals surface area contributed by atoms with E-state index in [-0.39, 0.29) is 5.91 Å². The van der Waals surface area contributed by atoms with Crippen molar-refractivity contribution in [2.75, 3.05) is 23.9 Å². The van der Waals surface area contributed by atoms with Crippen LogP contribution in [0.5, 0.6) is 5.75 Å². The Bertz CT molecular complexity index is 782. The van der Waals surface area contributed by atoms with Crippen molar-refractivity contribution in [3.63, 3.8) is 0 Å². The van der Waals surface area contributed by atoms with Crippen LogP contribution < -0.4 is 20.3 Å². The van der Waals surface area contributed by atoms with E-state index in [1.54, 1.807) is 23.1 Å². The maximum Gasteiger partial charge on any atom is 0.319 e. The summed E-state index contributed by atoms with van der Waals surface area (Å²) in [6.07, 6.45) is 0.549. The van der Waals surface area contributed by atoms with Crippen LogP contribution in [-0.2, 0) is 4.79 Å². The first kappa shape index (κ1) is 17.1. The molecule has 2 aromatic carbocycles. The van der Waals surface area contributed by atoms with Gasteiger partial charge < -0.3 is 20.3 Å². The van der Waals surface area contributed by atoms with E-state index >= 15 is 0 Å². The van der Waals surface area contributed by atoms with Gasteiger partial charge in [0.05, 0.1) is 12.8 Å². The molecule has 6 nitrogen and oxygen atoms in total. The number of anilines is 2. The number of benzene rings is 2. The SMILES string of the molecule is COc1ccc(Cl)cc1NC(=O)N[C@H]1CCN(c2ccccc2)C1=O. The lowest BCUT2D eigenvalue weighted by Gasteiger charge is -2.17. The maximum absolute atomic E-state index is 12.5. The maximum atomic E-state index is 12.5. The van der Waals surface area contributed by atoms with Gasteiger partial charge in [0.2, 0.25) is 5.91 Å². The Kier molecular flexibility index (Phi) is 5.09. The van der Waals surface area contributed by atoms with E-state index in [1.165, 1.54) is 7.11 Å². The summed E-state index contributed by atoms with van der Waals surface area (Å²) in [5.74, 6) is 0.364. The molecule has 7 heteroatoms. The number of nitrogens with one attached hydrogen (secondary N) is 2. The Hall–Kier alpha value is -2.73. The Morgan fingerprint density at radius 3 is 2.72 bits per heavy atom. The molecule has 2 aromatic rings. The summed E-state index contributed by atoms with van der Waals surface area (Å²) >= 11 is 5.95. The second kappa shape index (κ2) is 7.44. The lowest BCUT2D eigenvalue weighted by atomic mass is 10.2. The topological polar surface area (TPSA) is 70.7 Å². The van der Waals surface area contributed by atoms with E-state index < -0.39 is 12.1 Å². The highest BCUT2D eigenvalue weighted by Crippen LogP contribution is 2.27. The number of carbonyl (C=O) groups excluding carboxylic acids is 2. The van der Waals surface area contributed by atoms with Gasteiger partial charge in [0.15, 0.2) is 0 Å². The van der Waals surface area contributed by atoms with Crippen LogP contribution in [0, 0.1) is 0 Å². The van der Waals surface area contributed by atoms with E-state index in [9.17, 15) is 9.59 Å². The number of urea groups is 1. The number of rotatable bonds is 4. The van der Waals surface area contributed by atoms with E-state index in [1.807, 2.05) is 30.3 Å². The summed E-state index contributed by atoms with van der Waals surface area (Å²) in [4.78, 5) is 26.4. The molecule has 0 spiro atoms. The first-order valence-corrected chi connectivity index (χ1v) is 8.24. The Balaban J connectivity index is 1.64. The Morgan fingerprint density at radius 1 is 1.24 bits per heavy atom. The summed E-state index contributed by atoms with van der Waals surface area (Å²) in [5.41, 5.74) is 1.27. The minimum absolute atomic E-state index is 0.126. The van der Waals surface area contributed by atoms with Crippen LogP contribution in [0.2, 0.25) is 5.02 Å². The normalized spacial score (nSPS) is 16.6. The number of hydrogen-bond donors (Lipinski definition) is 2. The predicted molar refractivity (Wildman–Crippen MR) is 97.4 cm³/mol. The van der Waals surface area contributed by atoms with Gasteiger partial charge in [-0.3, -0.25) is 4.79 Å². The van der Waals surface area contributed by atoms with E-state index in [2.05, 4.69) is 10.6 Å². The number of carbonyl (C=O) groups is 2. The van der Waals surface area contributed by atoms with Crippen molar-refractivity contribution >= 4 is 34.9 Å². The molecular weight excluding hydrogens is 342 g/mol. The quantitative estimate of drug-likeness (QED) is 0.880. The molecule has 1 aliphatic heterocycles. The van der Waals surface area contributed by atoms with Crippen molar-refractivity contribution in [2.24, 2.45) is 0 Å². The Morgan fingerprint density at radius 2 is 2.00 bits per heavy atom. The third-order valence-corrected chi connectivity index (χ3v) is 4.22. The van der Waals surface area contributed by atoms with Gasteiger partial charge in [-0.1, -0.05) is 29.8 Å². The van der Waals surface area contributed by atoms with Gasteiger partial charge in [-0.25, -0.2) is 4.79 Å². The molecule has 3 rings (SSSR count). The second-order valence-corrected chi connectivity index (χ2v) is 6.05. The standard InChI is InChI=1S/C18H18ClN3O3/c1-25-16-8-7-12(19)11-15(16)21-18(24)20-14-9-10-22(17(14)23)13-5-3-2-4-6-13/h2-8,11,14H,9-10H2,1H3,(H2,20,21,24)/t14-/m0/s1. The van der Waals surface area contributed by atoms with Crippen LogP contribution in [0.1, 0.15) is 6.42 Å². The van der Waals surface area contributed by atoms with Crippen molar-refractivity contribution in [1.29, 1.82) is 0 Å². The fourth-order valence-electron chi connectivity index (χ4n) is 2.77. The van der Waals surface area contributed by atoms with E-state index in [0.29, 0.717) is 29.4 Å². The predicted octanol–water partition coefficient (Wildman–Crippen LogP) is 3.28. The first-order valence-electron chi connectivity index (χ1n) is 7.86. The van der Waals surface area contributed by atoms with Gasteiger partial charge in [-0.2, -0.15) is 0 Å². The monoisotopic (exact) mass is 359 g/mol. The number of halogens is 1. The van der Waals surface area contributed by atoms with Crippen LogP contribution in [0.15, 0.2) is 48.5 Å². The first-order chi connectivity index (χ1) is 12.1. The molecule has 1 atom stereocenters. The van der Waals surface area contributed by atoms with Crippen LogP contribution in [-0.4, -0.2) is 31.6 Å². The molecule has 3 amide bonds. The molecule has 0 bridgehead atoms. The molecule has 0 unspecified atom stereocenters. The van der Waals surface area contributed by atoms with Gasteiger partial charge in [-0.05, 0) is 36.8 Å². The number of nitrogens with zero attached hydrogens (tertiary/aromatic N) is 1. The number of methoxy groups -OCH3 is 1. The molecule has 0 saturated carbocycles. The molecule has 2 N–H and O–H groups in total. The van der Waals surface area contributed by atoms with Crippen LogP contribution >= 0.6 is 11.6 Å². The van der Waals surface area contributed by atoms with Crippen LogP contribution in [0.4, 0.5) is 16.2 Å². The highest BCUT2D eigenvalue weighted by Gasteiger charge is 2.33. The van der Waals surface area contributed by atoms with Crippen molar-refractivity contribution in [3.05, 3.63) is 53.6 Å². The summed E-state index contributed by atoms with van der Waals surface area (Å²) in [6, 6.07) is 13.3. The van der Waals surface area contributed by atoms with E-state index in [4.69, 9.17) is 16.3 Å². The summed E-state index contributed by atoms with van der Waals surface area (Å²) in [5, 5.41) is 5.86. The molecule has 1 aliphatic rings. The number of amides is 3. The smallest absolute Gasteiger partial charge is 0.319 e. The van der Waals surface area contributed by atoms with Crippen molar-refractivity contribution in [3.8, 4) is 5.75 Å². The largest absolute Gasteiger partial charge is 0.495 e.